The van der Waals surface area contributed by atoms with Crippen molar-refractivity contribution in [3.8, 4) is 0 Å². The molecule has 1 fully saturated rings. The fourth-order valence-corrected chi connectivity index (χ4v) is 4.21. The number of sulfonamides is 1. The van der Waals surface area contributed by atoms with Crippen molar-refractivity contribution in [2.45, 2.75) is 18.2 Å². The first-order chi connectivity index (χ1) is 11.1. The van der Waals surface area contributed by atoms with E-state index >= 15 is 0 Å². The SMILES string of the molecule is CCc1ccc(S(=O)(=O)N2CCN(c3ccncc3)CC2)cc1. The van der Waals surface area contributed by atoms with E-state index in [4.69, 9.17) is 0 Å². The van der Waals surface area contributed by atoms with E-state index in [1.807, 2.05) is 24.3 Å². The Kier molecular flexibility index (Phi) is 4.63. The van der Waals surface area contributed by atoms with Crippen molar-refractivity contribution in [1.29, 1.82) is 0 Å². The van der Waals surface area contributed by atoms with Gasteiger partial charge in [-0.2, -0.15) is 4.31 Å². The molecule has 3 rings (SSSR count). The molecule has 0 amide bonds. The van der Waals surface area contributed by atoms with E-state index in [0.29, 0.717) is 31.1 Å². The summed E-state index contributed by atoms with van der Waals surface area (Å²) in [5.74, 6) is 0. The van der Waals surface area contributed by atoms with Crippen LogP contribution < -0.4 is 4.90 Å². The van der Waals surface area contributed by atoms with Gasteiger partial charge >= 0.3 is 0 Å². The van der Waals surface area contributed by atoms with Gasteiger partial charge in [-0.3, -0.25) is 4.98 Å². The Balaban J connectivity index is 1.70. The summed E-state index contributed by atoms with van der Waals surface area (Å²) >= 11 is 0. The minimum Gasteiger partial charge on any atom is -0.369 e. The molecule has 2 aromatic rings. The second-order valence-electron chi connectivity index (χ2n) is 5.59. The standard InChI is InChI=1S/C17H21N3O2S/c1-2-15-3-5-17(6-4-15)23(21,22)20-13-11-19(12-14-20)16-7-9-18-10-8-16/h3-10H,2,11-14H2,1H3. The van der Waals surface area contributed by atoms with Gasteiger partial charge < -0.3 is 4.90 Å². The number of anilines is 1. The minimum atomic E-state index is -3.40. The molecule has 0 aliphatic carbocycles. The van der Waals surface area contributed by atoms with Crippen molar-refractivity contribution >= 4 is 15.7 Å². The fourth-order valence-electron chi connectivity index (χ4n) is 2.79. The molecule has 0 unspecified atom stereocenters. The van der Waals surface area contributed by atoms with Crippen molar-refractivity contribution in [1.82, 2.24) is 9.29 Å². The first kappa shape index (κ1) is 16.0. The highest BCUT2D eigenvalue weighted by Gasteiger charge is 2.28. The normalized spacial score (nSPS) is 16.5. The largest absolute Gasteiger partial charge is 0.369 e. The summed E-state index contributed by atoms with van der Waals surface area (Å²) in [4.78, 5) is 6.59. The van der Waals surface area contributed by atoms with Crippen LogP contribution in [-0.4, -0.2) is 43.9 Å². The Hall–Kier alpha value is -1.92. The van der Waals surface area contributed by atoms with Gasteiger partial charge in [0.15, 0.2) is 0 Å². The first-order valence-corrected chi connectivity index (χ1v) is 9.29. The lowest BCUT2D eigenvalue weighted by atomic mass is 10.2. The van der Waals surface area contributed by atoms with E-state index in [9.17, 15) is 8.42 Å². The van der Waals surface area contributed by atoms with Crippen LogP contribution >= 0.6 is 0 Å². The topological polar surface area (TPSA) is 53.5 Å². The maximum Gasteiger partial charge on any atom is 0.243 e. The smallest absolute Gasteiger partial charge is 0.243 e. The molecule has 0 bridgehead atoms. The molecule has 0 saturated carbocycles. The number of rotatable bonds is 4. The molecule has 2 heterocycles. The lowest BCUT2D eigenvalue weighted by Gasteiger charge is -2.35. The molecular formula is C17H21N3O2S. The third-order valence-electron chi connectivity index (χ3n) is 4.24. The lowest BCUT2D eigenvalue weighted by molar-refractivity contribution is 0.385. The summed E-state index contributed by atoms with van der Waals surface area (Å²) in [6.45, 7) is 4.44. The monoisotopic (exact) mass is 331 g/mol. The summed E-state index contributed by atoms with van der Waals surface area (Å²) in [6.07, 6.45) is 4.42. The number of hydrogen-bond acceptors (Lipinski definition) is 4. The quantitative estimate of drug-likeness (QED) is 0.861. The van der Waals surface area contributed by atoms with Crippen LogP contribution in [0.25, 0.3) is 0 Å². The van der Waals surface area contributed by atoms with E-state index in [1.165, 1.54) is 0 Å². The highest BCUT2D eigenvalue weighted by molar-refractivity contribution is 7.89. The van der Waals surface area contributed by atoms with Crippen LogP contribution in [0.1, 0.15) is 12.5 Å². The third-order valence-corrected chi connectivity index (χ3v) is 6.15. The molecule has 0 radical (unpaired) electrons. The Morgan fingerprint density at radius 3 is 2.13 bits per heavy atom. The summed E-state index contributed by atoms with van der Waals surface area (Å²) in [6, 6.07) is 11.1. The van der Waals surface area contributed by atoms with Crippen LogP contribution in [0.5, 0.6) is 0 Å². The van der Waals surface area contributed by atoms with Crippen LogP contribution in [0.15, 0.2) is 53.7 Å². The third kappa shape index (κ3) is 3.38. The molecule has 122 valence electrons. The van der Waals surface area contributed by atoms with Gasteiger partial charge in [-0.15, -0.1) is 0 Å². The van der Waals surface area contributed by atoms with E-state index < -0.39 is 10.0 Å². The van der Waals surface area contributed by atoms with Crippen LogP contribution in [0, 0.1) is 0 Å². The van der Waals surface area contributed by atoms with Crippen molar-refractivity contribution in [3.63, 3.8) is 0 Å². The number of piperazine rings is 1. The molecule has 5 nitrogen and oxygen atoms in total. The van der Waals surface area contributed by atoms with Gasteiger partial charge in [-0.1, -0.05) is 19.1 Å². The number of hydrogen-bond donors (Lipinski definition) is 0. The molecule has 0 N–H and O–H groups in total. The van der Waals surface area contributed by atoms with E-state index in [-0.39, 0.29) is 0 Å². The average Bonchev–Trinajstić information content (AvgIpc) is 2.62. The van der Waals surface area contributed by atoms with Gasteiger partial charge in [0, 0.05) is 44.3 Å². The predicted octanol–water partition coefficient (Wildman–Crippen LogP) is 2.15. The van der Waals surface area contributed by atoms with Gasteiger partial charge in [-0.05, 0) is 36.2 Å². The number of benzene rings is 1. The molecule has 1 saturated heterocycles. The molecule has 1 aromatic heterocycles. The van der Waals surface area contributed by atoms with Crippen LogP contribution in [0.3, 0.4) is 0 Å². The second-order valence-corrected chi connectivity index (χ2v) is 7.53. The van der Waals surface area contributed by atoms with Crippen molar-refractivity contribution in [2.24, 2.45) is 0 Å². The highest BCUT2D eigenvalue weighted by atomic mass is 32.2. The zero-order chi connectivity index (χ0) is 16.3. The maximum atomic E-state index is 12.7. The molecule has 1 aliphatic rings. The van der Waals surface area contributed by atoms with Gasteiger partial charge in [-0.25, -0.2) is 8.42 Å². The van der Waals surface area contributed by atoms with Crippen LogP contribution in [0.2, 0.25) is 0 Å². The van der Waals surface area contributed by atoms with Gasteiger partial charge in [0.25, 0.3) is 0 Å². The average molecular weight is 331 g/mol. The molecule has 1 aliphatic heterocycles. The summed E-state index contributed by atoms with van der Waals surface area (Å²) in [5.41, 5.74) is 2.23. The fraction of sp³-hybridized carbons (Fsp3) is 0.353. The zero-order valence-corrected chi connectivity index (χ0v) is 14.0. The molecule has 6 heteroatoms. The Morgan fingerprint density at radius 1 is 0.957 bits per heavy atom. The van der Waals surface area contributed by atoms with Crippen molar-refractivity contribution < 1.29 is 8.42 Å². The molecule has 0 spiro atoms. The van der Waals surface area contributed by atoms with E-state index in [1.54, 1.807) is 28.8 Å². The zero-order valence-electron chi connectivity index (χ0n) is 13.2. The summed E-state index contributed by atoms with van der Waals surface area (Å²) < 4.78 is 27.0. The van der Waals surface area contributed by atoms with Gasteiger partial charge in [0.2, 0.25) is 10.0 Å². The first-order valence-electron chi connectivity index (χ1n) is 7.85. The number of pyridine rings is 1. The second kappa shape index (κ2) is 6.68. The Morgan fingerprint density at radius 2 is 1.57 bits per heavy atom. The Labute approximate surface area is 137 Å². The van der Waals surface area contributed by atoms with Crippen molar-refractivity contribution in [2.75, 3.05) is 31.1 Å². The molecule has 0 atom stereocenters. The molecular weight excluding hydrogens is 310 g/mol. The molecule has 1 aromatic carbocycles. The highest BCUT2D eigenvalue weighted by Crippen LogP contribution is 2.21. The summed E-state index contributed by atoms with van der Waals surface area (Å²) in [5, 5.41) is 0. The molecule has 23 heavy (non-hydrogen) atoms. The van der Waals surface area contributed by atoms with Crippen LogP contribution in [0.4, 0.5) is 5.69 Å². The lowest BCUT2D eigenvalue weighted by Crippen LogP contribution is -2.48. The van der Waals surface area contributed by atoms with Crippen molar-refractivity contribution in [3.05, 3.63) is 54.4 Å². The Bertz CT molecular complexity index is 737. The number of nitrogens with zero attached hydrogens (tertiary/aromatic N) is 3. The van der Waals surface area contributed by atoms with Gasteiger partial charge in [0.1, 0.15) is 0 Å². The van der Waals surface area contributed by atoms with Crippen LogP contribution in [-0.2, 0) is 16.4 Å². The van der Waals surface area contributed by atoms with E-state index in [2.05, 4.69) is 16.8 Å². The number of aryl methyl sites for hydroxylation is 1. The number of aromatic nitrogens is 1. The minimum absolute atomic E-state index is 0.382. The maximum absolute atomic E-state index is 12.7. The summed E-state index contributed by atoms with van der Waals surface area (Å²) in [7, 11) is -3.40. The van der Waals surface area contributed by atoms with Gasteiger partial charge in [0.05, 0.1) is 4.90 Å². The predicted molar refractivity (Wildman–Crippen MR) is 91.0 cm³/mol. The van der Waals surface area contributed by atoms with E-state index in [0.717, 1.165) is 17.7 Å².